The third kappa shape index (κ3) is 3.66. The fourth-order valence-corrected chi connectivity index (χ4v) is 7.62. The summed E-state index contributed by atoms with van der Waals surface area (Å²) in [6, 6.07) is 10.3. The number of rotatable bonds is 6. The highest BCUT2D eigenvalue weighted by atomic mass is 32.2. The molecule has 4 nitrogen and oxygen atoms in total. The van der Waals surface area contributed by atoms with Crippen molar-refractivity contribution in [3.05, 3.63) is 40.9 Å². The number of hydrogen-bond donors (Lipinski definition) is 1. The monoisotopic (exact) mass is 399 g/mol. The van der Waals surface area contributed by atoms with Crippen LogP contribution in [0.25, 0.3) is 0 Å². The van der Waals surface area contributed by atoms with Crippen molar-refractivity contribution in [2.75, 3.05) is 11.1 Å². The Labute approximate surface area is 168 Å². The molecule has 0 saturated heterocycles. The second-order valence-electron chi connectivity index (χ2n) is 8.64. The summed E-state index contributed by atoms with van der Waals surface area (Å²) in [6.07, 6.45) is 8.15. The molecule has 0 atom stereocenters. The predicted octanol–water partition coefficient (Wildman–Crippen LogP) is 4.88. The van der Waals surface area contributed by atoms with E-state index in [1.165, 1.54) is 49.1 Å². The molecular formula is C21H25N3OS2. The highest BCUT2D eigenvalue weighted by Crippen LogP contribution is 2.61. The summed E-state index contributed by atoms with van der Waals surface area (Å²) >= 11 is 3.25. The second-order valence-corrected chi connectivity index (χ2v) is 10.6. The molecule has 1 aromatic carbocycles. The molecule has 4 bridgehead atoms. The molecule has 142 valence electrons. The number of nitrogens with zero attached hydrogens (tertiary/aromatic N) is 2. The van der Waals surface area contributed by atoms with Crippen LogP contribution >= 0.6 is 23.1 Å². The van der Waals surface area contributed by atoms with Gasteiger partial charge in [0.15, 0.2) is 0 Å². The summed E-state index contributed by atoms with van der Waals surface area (Å²) in [4.78, 5) is 12.3. The lowest BCUT2D eigenvalue weighted by molar-refractivity contribution is -0.113. The van der Waals surface area contributed by atoms with Gasteiger partial charge in [0.05, 0.1) is 5.75 Å². The first kappa shape index (κ1) is 17.7. The van der Waals surface area contributed by atoms with Crippen LogP contribution in [-0.2, 0) is 16.0 Å². The third-order valence-electron chi connectivity index (χ3n) is 6.51. The smallest absolute Gasteiger partial charge is 0.236 e. The molecule has 27 heavy (non-hydrogen) atoms. The number of amides is 1. The first-order chi connectivity index (χ1) is 13.2. The van der Waals surface area contributed by atoms with Crippen LogP contribution in [0.5, 0.6) is 0 Å². The molecule has 4 saturated carbocycles. The summed E-state index contributed by atoms with van der Waals surface area (Å²) in [7, 11) is 0. The Morgan fingerprint density at radius 2 is 1.74 bits per heavy atom. The molecule has 1 amide bonds. The van der Waals surface area contributed by atoms with E-state index in [4.69, 9.17) is 0 Å². The topological polar surface area (TPSA) is 54.9 Å². The number of aromatic nitrogens is 2. The molecule has 0 aliphatic heterocycles. The van der Waals surface area contributed by atoms with Gasteiger partial charge in [0.2, 0.25) is 11.0 Å². The Morgan fingerprint density at radius 1 is 1.07 bits per heavy atom. The van der Waals surface area contributed by atoms with E-state index in [2.05, 4.69) is 27.6 Å². The van der Waals surface area contributed by atoms with E-state index in [1.807, 2.05) is 18.2 Å². The van der Waals surface area contributed by atoms with Crippen LogP contribution in [0, 0.1) is 17.8 Å². The van der Waals surface area contributed by atoms with E-state index in [1.54, 1.807) is 23.1 Å². The zero-order valence-electron chi connectivity index (χ0n) is 15.4. The van der Waals surface area contributed by atoms with Crippen molar-refractivity contribution in [2.45, 2.75) is 49.7 Å². The highest BCUT2D eigenvalue weighted by Gasteiger charge is 2.53. The van der Waals surface area contributed by atoms with E-state index in [9.17, 15) is 4.79 Å². The van der Waals surface area contributed by atoms with Gasteiger partial charge in [-0.15, -0.1) is 22.0 Å². The van der Waals surface area contributed by atoms with Crippen LogP contribution in [0.2, 0.25) is 0 Å². The Kier molecular flexibility index (Phi) is 4.72. The van der Waals surface area contributed by atoms with Gasteiger partial charge in [0, 0.05) is 11.2 Å². The first-order valence-corrected chi connectivity index (χ1v) is 11.9. The Bertz CT molecular complexity index is 785. The van der Waals surface area contributed by atoms with Crippen molar-refractivity contribution in [1.29, 1.82) is 0 Å². The van der Waals surface area contributed by atoms with Crippen LogP contribution in [0.4, 0.5) is 5.13 Å². The van der Waals surface area contributed by atoms with Crippen molar-refractivity contribution >= 4 is 34.1 Å². The van der Waals surface area contributed by atoms with Crippen molar-refractivity contribution in [3.8, 4) is 0 Å². The molecular weight excluding hydrogens is 374 g/mol. The standard InChI is InChI=1S/C21H25N3OS2/c25-18(13-26-12-14-4-2-1-3-5-14)22-20-24-23-19(27-20)21-9-15-6-16(10-21)8-17(7-15)11-21/h1-5,15-17H,6-13H2,(H,22,24,25). The quantitative estimate of drug-likeness (QED) is 0.752. The third-order valence-corrected chi connectivity index (χ3v) is 8.60. The lowest BCUT2D eigenvalue weighted by atomic mass is 9.50. The molecule has 2 aromatic rings. The normalized spacial score (nSPS) is 31.2. The van der Waals surface area contributed by atoms with Gasteiger partial charge in [0.25, 0.3) is 0 Å². The zero-order chi connectivity index (χ0) is 18.3. The van der Waals surface area contributed by atoms with Gasteiger partial charge in [-0.25, -0.2) is 0 Å². The summed E-state index contributed by atoms with van der Waals surface area (Å²) in [5.74, 6) is 4.00. The van der Waals surface area contributed by atoms with Crippen molar-refractivity contribution < 1.29 is 4.79 Å². The lowest BCUT2D eigenvalue weighted by Gasteiger charge is -2.55. The summed E-state index contributed by atoms with van der Waals surface area (Å²) in [6.45, 7) is 0. The molecule has 1 aromatic heterocycles. The second kappa shape index (κ2) is 7.21. The SMILES string of the molecule is O=C(CSCc1ccccc1)Nc1nnc(C23CC4CC(CC(C4)C2)C3)s1. The van der Waals surface area contributed by atoms with E-state index in [0.29, 0.717) is 10.9 Å². The lowest BCUT2D eigenvalue weighted by Crippen LogP contribution is -2.48. The Hall–Kier alpha value is -1.40. The van der Waals surface area contributed by atoms with Gasteiger partial charge in [-0.1, -0.05) is 41.7 Å². The predicted molar refractivity (Wildman–Crippen MR) is 111 cm³/mol. The molecule has 4 fully saturated rings. The minimum Gasteiger partial charge on any atom is -0.300 e. The number of carbonyl (C=O) groups excluding carboxylic acids is 1. The fourth-order valence-electron chi connectivity index (χ4n) is 5.85. The number of anilines is 1. The largest absolute Gasteiger partial charge is 0.300 e. The van der Waals surface area contributed by atoms with Crippen LogP contribution in [-0.4, -0.2) is 21.9 Å². The van der Waals surface area contributed by atoms with E-state index >= 15 is 0 Å². The average Bonchev–Trinajstić information content (AvgIpc) is 3.11. The summed E-state index contributed by atoms with van der Waals surface area (Å²) < 4.78 is 0. The molecule has 6 heteroatoms. The summed E-state index contributed by atoms with van der Waals surface area (Å²) in [5, 5.41) is 13.7. The number of thioether (sulfide) groups is 1. The minimum absolute atomic E-state index is 0.0177. The van der Waals surface area contributed by atoms with Crippen LogP contribution in [0.15, 0.2) is 30.3 Å². The molecule has 0 spiro atoms. The van der Waals surface area contributed by atoms with Gasteiger partial charge >= 0.3 is 0 Å². The van der Waals surface area contributed by atoms with Crippen LogP contribution in [0.3, 0.4) is 0 Å². The van der Waals surface area contributed by atoms with Crippen molar-refractivity contribution in [2.24, 2.45) is 17.8 Å². The minimum atomic E-state index is 0.0177. The molecule has 0 radical (unpaired) electrons. The number of carbonyl (C=O) groups is 1. The van der Waals surface area contributed by atoms with E-state index in [-0.39, 0.29) is 11.3 Å². The average molecular weight is 400 g/mol. The number of nitrogens with one attached hydrogen (secondary N) is 1. The highest BCUT2D eigenvalue weighted by molar-refractivity contribution is 7.99. The van der Waals surface area contributed by atoms with Gasteiger partial charge in [-0.3, -0.25) is 10.1 Å². The van der Waals surface area contributed by atoms with Crippen LogP contribution < -0.4 is 5.32 Å². The van der Waals surface area contributed by atoms with Gasteiger partial charge in [0.1, 0.15) is 5.01 Å². The number of hydrogen-bond acceptors (Lipinski definition) is 5. The number of benzene rings is 1. The molecule has 4 aliphatic carbocycles. The molecule has 0 unspecified atom stereocenters. The van der Waals surface area contributed by atoms with E-state index < -0.39 is 0 Å². The maximum Gasteiger partial charge on any atom is 0.236 e. The van der Waals surface area contributed by atoms with E-state index in [0.717, 1.165) is 23.5 Å². The first-order valence-electron chi connectivity index (χ1n) is 9.94. The Morgan fingerprint density at radius 3 is 2.41 bits per heavy atom. The van der Waals surface area contributed by atoms with Crippen molar-refractivity contribution in [1.82, 2.24) is 10.2 Å². The summed E-state index contributed by atoms with van der Waals surface area (Å²) in [5.41, 5.74) is 1.51. The maximum atomic E-state index is 12.3. The zero-order valence-corrected chi connectivity index (χ0v) is 17.0. The van der Waals surface area contributed by atoms with Crippen molar-refractivity contribution in [3.63, 3.8) is 0 Å². The molecule has 6 rings (SSSR count). The van der Waals surface area contributed by atoms with Gasteiger partial charge in [-0.2, -0.15) is 0 Å². The molecule has 4 aliphatic rings. The fraction of sp³-hybridized carbons (Fsp3) is 0.571. The maximum absolute atomic E-state index is 12.3. The Balaban J connectivity index is 1.18. The molecule has 1 N–H and O–H groups in total. The molecule has 1 heterocycles. The van der Waals surface area contributed by atoms with Crippen LogP contribution in [0.1, 0.15) is 49.1 Å². The van der Waals surface area contributed by atoms with Gasteiger partial charge in [-0.05, 0) is 61.8 Å². The van der Waals surface area contributed by atoms with Gasteiger partial charge < -0.3 is 0 Å².